The van der Waals surface area contributed by atoms with Gasteiger partial charge in [-0.2, -0.15) is 0 Å². The maximum absolute atomic E-state index is 13.1. The van der Waals surface area contributed by atoms with Crippen molar-refractivity contribution in [1.29, 1.82) is 0 Å². The van der Waals surface area contributed by atoms with Gasteiger partial charge in [-0.15, -0.1) is 0 Å². The average Bonchev–Trinajstić information content (AvgIpc) is 3.11. The van der Waals surface area contributed by atoms with E-state index >= 15 is 0 Å². The van der Waals surface area contributed by atoms with Crippen LogP contribution in [0.1, 0.15) is 42.5 Å². The molecule has 3 rings (SSSR count). The van der Waals surface area contributed by atoms with Crippen LogP contribution in [0.5, 0.6) is 0 Å². The minimum atomic E-state index is 0.0134. The van der Waals surface area contributed by atoms with E-state index in [-0.39, 0.29) is 24.0 Å². The summed E-state index contributed by atoms with van der Waals surface area (Å²) in [6, 6.07) is 0.0134. The number of H-pyrrole nitrogens is 1. The summed E-state index contributed by atoms with van der Waals surface area (Å²) in [4.78, 5) is 25.3. The van der Waals surface area contributed by atoms with E-state index in [0.717, 1.165) is 49.6 Å². The second kappa shape index (κ2) is 6.61. The zero-order valence-electron chi connectivity index (χ0n) is 14.6. The number of amides is 1. The van der Waals surface area contributed by atoms with Crippen LogP contribution >= 0.6 is 0 Å². The van der Waals surface area contributed by atoms with Gasteiger partial charge in [0.05, 0.1) is 17.8 Å². The molecule has 6 heteroatoms. The molecule has 23 heavy (non-hydrogen) atoms. The summed E-state index contributed by atoms with van der Waals surface area (Å²) < 4.78 is 5.54. The van der Waals surface area contributed by atoms with Gasteiger partial charge in [-0.25, -0.2) is 4.98 Å². The minimum absolute atomic E-state index is 0.0134. The molecule has 2 atom stereocenters. The predicted molar refractivity (Wildman–Crippen MR) is 88.2 cm³/mol. The molecule has 2 aliphatic heterocycles. The van der Waals surface area contributed by atoms with Gasteiger partial charge in [0.25, 0.3) is 0 Å². The number of nitrogens with one attached hydrogen (secondary N) is 1. The molecule has 1 N–H and O–H groups in total. The van der Waals surface area contributed by atoms with Crippen LogP contribution in [-0.4, -0.2) is 65.6 Å². The molecule has 2 aliphatic rings. The van der Waals surface area contributed by atoms with E-state index in [9.17, 15) is 4.79 Å². The summed E-state index contributed by atoms with van der Waals surface area (Å²) in [7, 11) is 3.85. The normalized spacial score (nSPS) is 26.9. The van der Waals surface area contributed by atoms with Crippen LogP contribution in [0.3, 0.4) is 0 Å². The van der Waals surface area contributed by atoms with Crippen molar-refractivity contribution in [2.24, 2.45) is 5.92 Å². The Morgan fingerprint density at radius 3 is 2.57 bits per heavy atom. The van der Waals surface area contributed by atoms with Crippen LogP contribution in [-0.2, 0) is 9.53 Å². The van der Waals surface area contributed by atoms with Crippen LogP contribution in [0.25, 0.3) is 0 Å². The van der Waals surface area contributed by atoms with Gasteiger partial charge in [-0.05, 0) is 46.8 Å². The minimum Gasteiger partial charge on any atom is -0.380 e. The molecular weight excluding hydrogens is 292 g/mol. The third kappa shape index (κ3) is 3.28. The molecule has 0 aromatic carbocycles. The molecule has 0 aliphatic carbocycles. The first-order valence-electron chi connectivity index (χ1n) is 8.54. The predicted octanol–water partition coefficient (Wildman–Crippen LogP) is 1.66. The lowest BCUT2D eigenvalue weighted by atomic mass is 9.95. The lowest BCUT2D eigenvalue weighted by Gasteiger charge is -2.32. The summed E-state index contributed by atoms with van der Waals surface area (Å²) in [5, 5.41) is 0. The number of aromatic nitrogens is 2. The second-order valence-corrected chi connectivity index (χ2v) is 7.01. The van der Waals surface area contributed by atoms with E-state index in [0.29, 0.717) is 6.54 Å². The number of methoxy groups -OCH3 is 1. The highest BCUT2D eigenvalue weighted by Gasteiger charge is 2.40. The van der Waals surface area contributed by atoms with E-state index in [4.69, 9.17) is 4.74 Å². The highest BCUT2D eigenvalue weighted by atomic mass is 16.5. The number of nitrogens with zero attached hydrogens (tertiary/aromatic N) is 3. The van der Waals surface area contributed by atoms with Crippen LogP contribution < -0.4 is 0 Å². The number of piperidine rings is 1. The van der Waals surface area contributed by atoms with Gasteiger partial charge in [0, 0.05) is 31.7 Å². The van der Waals surface area contributed by atoms with Crippen LogP contribution in [0.4, 0.5) is 0 Å². The number of aryl methyl sites for hydroxylation is 2. The first-order valence-corrected chi connectivity index (χ1v) is 8.54. The fraction of sp³-hybridized carbons (Fsp3) is 0.765. The second-order valence-electron chi connectivity index (χ2n) is 7.01. The quantitative estimate of drug-likeness (QED) is 0.920. The number of ether oxygens (including phenoxy) is 1. The van der Waals surface area contributed by atoms with E-state index in [1.807, 2.05) is 18.7 Å². The number of aromatic amines is 1. The number of rotatable bonds is 3. The van der Waals surface area contributed by atoms with E-state index < -0.39 is 0 Å². The lowest BCUT2D eigenvalue weighted by molar-refractivity contribution is -0.138. The van der Waals surface area contributed by atoms with Crippen molar-refractivity contribution in [2.75, 3.05) is 33.8 Å². The van der Waals surface area contributed by atoms with E-state index in [1.165, 1.54) is 0 Å². The molecule has 0 saturated carbocycles. The first-order chi connectivity index (χ1) is 11.0. The average molecular weight is 320 g/mol. The maximum atomic E-state index is 13.1. The molecular formula is C17H28N4O2. The Bertz CT molecular complexity index is 543. The maximum Gasteiger partial charge on any atom is 0.226 e. The zero-order valence-corrected chi connectivity index (χ0v) is 14.6. The fourth-order valence-electron chi connectivity index (χ4n) is 3.69. The molecule has 1 amide bonds. The van der Waals surface area contributed by atoms with Crippen molar-refractivity contribution in [3.8, 4) is 0 Å². The highest BCUT2D eigenvalue weighted by Crippen LogP contribution is 2.34. The molecule has 0 unspecified atom stereocenters. The number of imidazole rings is 1. The van der Waals surface area contributed by atoms with Gasteiger partial charge in [-0.1, -0.05) is 0 Å². The molecule has 1 aromatic rings. The number of carbonyl (C=O) groups excluding carboxylic acids is 1. The standard InChI is InChI=1S/C17H28N4O2/c1-11-12(2)19-16(18-11)15-9-14(23-4)10-21(15)17(22)13-5-7-20(3)8-6-13/h13-15H,5-10H2,1-4H3,(H,18,19)/t14-,15+/m1/s1. The molecule has 0 radical (unpaired) electrons. The van der Waals surface area contributed by atoms with Gasteiger partial charge < -0.3 is 19.5 Å². The molecule has 6 nitrogen and oxygen atoms in total. The first kappa shape index (κ1) is 16.5. The van der Waals surface area contributed by atoms with Gasteiger partial charge in [0.1, 0.15) is 5.82 Å². The van der Waals surface area contributed by atoms with Crippen LogP contribution in [0, 0.1) is 19.8 Å². The van der Waals surface area contributed by atoms with Crippen molar-refractivity contribution in [1.82, 2.24) is 19.8 Å². The summed E-state index contributed by atoms with van der Waals surface area (Å²) in [5.41, 5.74) is 2.08. The Labute approximate surface area is 138 Å². The van der Waals surface area contributed by atoms with Crippen molar-refractivity contribution in [3.63, 3.8) is 0 Å². The largest absolute Gasteiger partial charge is 0.380 e. The fourth-order valence-corrected chi connectivity index (χ4v) is 3.69. The van der Waals surface area contributed by atoms with Crippen molar-refractivity contribution < 1.29 is 9.53 Å². The zero-order chi connectivity index (χ0) is 16.6. The van der Waals surface area contributed by atoms with Gasteiger partial charge >= 0.3 is 0 Å². The Balaban J connectivity index is 1.78. The SMILES string of the molecule is CO[C@@H]1C[C@@H](c2nc(C)c(C)[nH]2)N(C(=O)C2CCN(C)CC2)C1. The number of likely N-dealkylation sites (tertiary alicyclic amines) is 2. The van der Waals surface area contributed by atoms with Crippen molar-refractivity contribution in [2.45, 2.75) is 45.3 Å². The Morgan fingerprint density at radius 2 is 2.00 bits per heavy atom. The Morgan fingerprint density at radius 1 is 1.30 bits per heavy atom. The number of hydrogen-bond acceptors (Lipinski definition) is 4. The van der Waals surface area contributed by atoms with Crippen molar-refractivity contribution in [3.05, 3.63) is 17.2 Å². The molecule has 2 saturated heterocycles. The van der Waals surface area contributed by atoms with Gasteiger partial charge in [-0.3, -0.25) is 4.79 Å². The monoisotopic (exact) mass is 320 g/mol. The smallest absolute Gasteiger partial charge is 0.226 e. The van der Waals surface area contributed by atoms with Crippen molar-refractivity contribution >= 4 is 5.91 Å². The summed E-state index contributed by atoms with van der Waals surface area (Å²) in [6.45, 7) is 6.70. The molecule has 2 fully saturated rings. The molecule has 0 bridgehead atoms. The van der Waals surface area contributed by atoms with Crippen LogP contribution in [0.15, 0.2) is 0 Å². The molecule has 3 heterocycles. The Kier molecular flexibility index (Phi) is 4.73. The summed E-state index contributed by atoms with van der Waals surface area (Å²) >= 11 is 0. The number of carbonyl (C=O) groups is 1. The van der Waals surface area contributed by atoms with E-state index in [1.54, 1.807) is 7.11 Å². The highest BCUT2D eigenvalue weighted by molar-refractivity contribution is 5.79. The third-order valence-electron chi connectivity index (χ3n) is 5.41. The van der Waals surface area contributed by atoms with Crippen LogP contribution in [0.2, 0.25) is 0 Å². The lowest BCUT2D eigenvalue weighted by Crippen LogP contribution is -2.42. The van der Waals surface area contributed by atoms with Gasteiger partial charge in [0.2, 0.25) is 5.91 Å². The van der Waals surface area contributed by atoms with E-state index in [2.05, 4.69) is 21.9 Å². The molecule has 1 aromatic heterocycles. The number of hydrogen-bond donors (Lipinski definition) is 1. The Hall–Kier alpha value is -1.40. The topological polar surface area (TPSA) is 61.5 Å². The molecule has 0 spiro atoms. The summed E-state index contributed by atoms with van der Waals surface area (Å²) in [5.74, 6) is 1.32. The third-order valence-corrected chi connectivity index (χ3v) is 5.41. The molecule has 128 valence electrons. The van der Waals surface area contributed by atoms with Gasteiger partial charge in [0.15, 0.2) is 0 Å². The summed E-state index contributed by atoms with van der Waals surface area (Å²) in [6.07, 6.45) is 2.82.